The van der Waals surface area contributed by atoms with Gasteiger partial charge in [-0.15, -0.1) is 0 Å². The highest BCUT2D eigenvalue weighted by molar-refractivity contribution is 9.10. The lowest BCUT2D eigenvalue weighted by Crippen LogP contribution is -2.31. The summed E-state index contributed by atoms with van der Waals surface area (Å²) in [5.74, 6) is 0.944. The molecular weight excluding hydrogens is 324 g/mol. The molecule has 5 nitrogen and oxygen atoms in total. The van der Waals surface area contributed by atoms with Crippen LogP contribution in [-0.4, -0.2) is 21.9 Å². The lowest BCUT2D eigenvalue weighted by atomic mass is 9.95. The monoisotopic (exact) mass is 338 g/mol. The van der Waals surface area contributed by atoms with E-state index in [9.17, 15) is 5.11 Å². The molecule has 1 unspecified atom stereocenters. The molecule has 0 aliphatic carbocycles. The minimum Gasteiger partial charge on any atom is -0.507 e. The first kappa shape index (κ1) is 13.6. The van der Waals surface area contributed by atoms with E-state index in [4.69, 9.17) is 9.26 Å². The van der Waals surface area contributed by atoms with Gasteiger partial charge >= 0.3 is 0 Å². The van der Waals surface area contributed by atoms with Gasteiger partial charge in [-0.2, -0.15) is 4.98 Å². The molecule has 3 rings (SSSR count). The van der Waals surface area contributed by atoms with Crippen LogP contribution in [0.5, 0.6) is 5.75 Å². The number of aromatic hydroxyl groups is 1. The Hall–Kier alpha value is -1.40. The molecule has 2 heterocycles. The van der Waals surface area contributed by atoms with Crippen molar-refractivity contribution in [1.82, 2.24) is 10.1 Å². The van der Waals surface area contributed by atoms with Crippen LogP contribution in [0.25, 0.3) is 11.5 Å². The number of rotatable bonds is 2. The van der Waals surface area contributed by atoms with Crippen molar-refractivity contribution in [2.45, 2.75) is 31.8 Å². The molecule has 1 atom stereocenters. The van der Waals surface area contributed by atoms with Gasteiger partial charge in [-0.05, 0) is 44.4 Å². The highest BCUT2D eigenvalue weighted by Crippen LogP contribution is 2.35. The van der Waals surface area contributed by atoms with Crippen molar-refractivity contribution in [3.05, 3.63) is 28.5 Å². The summed E-state index contributed by atoms with van der Waals surface area (Å²) in [6.07, 6.45) is 3.02. The van der Waals surface area contributed by atoms with Gasteiger partial charge < -0.3 is 14.4 Å². The zero-order valence-electron chi connectivity index (χ0n) is 11.1. The second kappa shape index (κ2) is 5.18. The van der Waals surface area contributed by atoms with Gasteiger partial charge in [0, 0.05) is 11.1 Å². The van der Waals surface area contributed by atoms with Gasteiger partial charge in [0.15, 0.2) is 0 Å². The molecule has 0 spiro atoms. The van der Waals surface area contributed by atoms with E-state index in [1.807, 2.05) is 13.0 Å². The molecule has 0 amide bonds. The normalized spacial score (nSPS) is 22.9. The van der Waals surface area contributed by atoms with Crippen LogP contribution in [0.1, 0.15) is 32.0 Å². The van der Waals surface area contributed by atoms with Gasteiger partial charge in [-0.1, -0.05) is 21.1 Å². The summed E-state index contributed by atoms with van der Waals surface area (Å²) in [7, 11) is 0. The van der Waals surface area contributed by atoms with Crippen LogP contribution in [0.4, 0.5) is 0 Å². The van der Waals surface area contributed by atoms with Crippen molar-refractivity contribution in [2.24, 2.45) is 0 Å². The summed E-state index contributed by atoms with van der Waals surface area (Å²) in [5.41, 5.74) is 0.0247. The third-order valence-electron chi connectivity index (χ3n) is 3.56. The van der Waals surface area contributed by atoms with Gasteiger partial charge in [0.1, 0.15) is 11.4 Å². The molecule has 1 N–H and O–H groups in total. The largest absolute Gasteiger partial charge is 0.507 e. The number of aromatic nitrogens is 2. The van der Waals surface area contributed by atoms with Gasteiger partial charge in [0.25, 0.3) is 5.89 Å². The lowest BCUT2D eigenvalue weighted by Gasteiger charge is -2.30. The topological polar surface area (TPSA) is 68.4 Å². The Morgan fingerprint density at radius 1 is 1.35 bits per heavy atom. The predicted octanol–water partition coefficient (Wildman–Crippen LogP) is 3.62. The maximum atomic E-state index is 9.94. The Balaban J connectivity index is 1.93. The number of nitrogens with zero attached hydrogens (tertiary/aromatic N) is 2. The number of halogens is 1. The molecule has 1 saturated heterocycles. The molecule has 106 valence electrons. The first-order chi connectivity index (χ1) is 9.58. The number of benzene rings is 1. The molecule has 1 aliphatic rings. The highest BCUT2D eigenvalue weighted by Gasteiger charge is 2.35. The third kappa shape index (κ3) is 2.45. The molecular formula is C14H15BrN2O3. The quantitative estimate of drug-likeness (QED) is 0.905. The minimum atomic E-state index is -0.495. The van der Waals surface area contributed by atoms with E-state index < -0.39 is 5.60 Å². The number of phenolic OH excluding ortho intramolecular Hbond substituents is 1. The van der Waals surface area contributed by atoms with Crippen molar-refractivity contribution < 1.29 is 14.4 Å². The molecule has 1 aliphatic heterocycles. The van der Waals surface area contributed by atoms with Crippen molar-refractivity contribution in [3.8, 4) is 17.2 Å². The molecule has 0 saturated carbocycles. The average Bonchev–Trinajstić information content (AvgIpc) is 2.90. The average molecular weight is 339 g/mol. The van der Waals surface area contributed by atoms with Crippen LogP contribution < -0.4 is 0 Å². The maximum Gasteiger partial charge on any atom is 0.261 e. The zero-order chi connectivity index (χ0) is 14.2. The third-order valence-corrected chi connectivity index (χ3v) is 4.05. The van der Waals surface area contributed by atoms with Crippen LogP contribution in [0.3, 0.4) is 0 Å². The molecule has 1 fully saturated rings. The summed E-state index contributed by atoms with van der Waals surface area (Å²) in [5, 5.41) is 14.0. The minimum absolute atomic E-state index is 0.101. The van der Waals surface area contributed by atoms with Crippen LogP contribution >= 0.6 is 15.9 Å². The Kier molecular flexibility index (Phi) is 3.52. The van der Waals surface area contributed by atoms with E-state index in [0.717, 1.165) is 23.7 Å². The fourth-order valence-electron chi connectivity index (χ4n) is 2.34. The second-order valence-electron chi connectivity index (χ2n) is 5.12. The smallest absolute Gasteiger partial charge is 0.261 e. The van der Waals surface area contributed by atoms with Crippen LogP contribution in [0.15, 0.2) is 27.2 Å². The Bertz CT molecular complexity index is 621. The Morgan fingerprint density at radius 2 is 2.20 bits per heavy atom. The molecule has 6 heteroatoms. The first-order valence-corrected chi connectivity index (χ1v) is 7.35. The number of hydrogen-bond acceptors (Lipinski definition) is 5. The fraction of sp³-hybridized carbons (Fsp3) is 0.429. The van der Waals surface area contributed by atoms with E-state index in [0.29, 0.717) is 23.9 Å². The summed E-state index contributed by atoms with van der Waals surface area (Å²) in [4.78, 5) is 4.39. The first-order valence-electron chi connectivity index (χ1n) is 6.55. The molecule has 2 aromatic rings. The maximum absolute atomic E-state index is 9.94. The lowest BCUT2D eigenvalue weighted by molar-refractivity contribution is -0.0770. The standard InChI is InChI=1S/C14H15BrN2O3/c1-14(6-2-3-7-19-14)13-16-12(20-17-13)10-5-4-9(15)8-11(10)18/h4-5,8,18H,2-3,6-7H2,1H3. The van der Waals surface area contributed by atoms with Crippen molar-refractivity contribution in [1.29, 1.82) is 0 Å². The zero-order valence-corrected chi connectivity index (χ0v) is 12.7. The SMILES string of the molecule is CC1(c2noc(-c3ccc(Br)cc3O)n2)CCCCO1. The van der Waals surface area contributed by atoms with Gasteiger partial charge in [-0.25, -0.2) is 0 Å². The van der Waals surface area contributed by atoms with Crippen molar-refractivity contribution in [2.75, 3.05) is 6.61 Å². The molecule has 20 heavy (non-hydrogen) atoms. The predicted molar refractivity (Wildman–Crippen MR) is 76.3 cm³/mol. The molecule has 0 bridgehead atoms. The number of hydrogen-bond donors (Lipinski definition) is 1. The summed E-state index contributed by atoms with van der Waals surface area (Å²) in [6, 6.07) is 5.15. The summed E-state index contributed by atoms with van der Waals surface area (Å²) < 4.78 is 11.9. The van der Waals surface area contributed by atoms with Gasteiger partial charge in [0.05, 0.1) is 5.56 Å². The molecule has 1 aromatic carbocycles. The second-order valence-corrected chi connectivity index (χ2v) is 6.04. The summed E-state index contributed by atoms with van der Waals surface area (Å²) >= 11 is 3.30. The van der Waals surface area contributed by atoms with E-state index in [1.165, 1.54) is 0 Å². The van der Waals surface area contributed by atoms with Crippen LogP contribution in [-0.2, 0) is 10.3 Å². The Labute approximate surface area is 125 Å². The fourth-order valence-corrected chi connectivity index (χ4v) is 2.69. The van der Waals surface area contributed by atoms with E-state index in [2.05, 4.69) is 26.1 Å². The van der Waals surface area contributed by atoms with E-state index in [1.54, 1.807) is 12.1 Å². The number of phenols is 1. The van der Waals surface area contributed by atoms with Crippen LogP contribution in [0, 0.1) is 0 Å². The van der Waals surface area contributed by atoms with Crippen molar-refractivity contribution in [3.63, 3.8) is 0 Å². The molecule has 1 aromatic heterocycles. The van der Waals surface area contributed by atoms with Crippen LogP contribution in [0.2, 0.25) is 0 Å². The van der Waals surface area contributed by atoms with Gasteiger partial charge in [-0.3, -0.25) is 0 Å². The van der Waals surface area contributed by atoms with Gasteiger partial charge in [0.2, 0.25) is 5.82 Å². The number of ether oxygens (including phenoxy) is 1. The molecule has 0 radical (unpaired) electrons. The van der Waals surface area contributed by atoms with Crippen molar-refractivity contribution >= 4 is 15.9 Å². The van der Waals surface area contributed by atoms with E-state index in [-0.39, 0.29) is 5.75 Å². The summed E-state index contributed by atoms with van der Waals surface area (Å²) in [6.45, 7) is 2.69. The van der Waals surface area contributed by atoms with E-state index >= 15 is 0 Å². The Morgan fingerprint density at radius 3 is 2.90 bits per heavy atom. The highest BCUT2D eigenvalue weighted by atomic mass is 79.9.